The van der Waals surface area contributed by atoms with E-state index in [1.165, 1.54) is 0 Å². The van der Waals surface area contributed by atoms with Gasteiger partial charge < -0.3 is 15.9 Å². The summed E-state index contributed by atoms with van der Waals surface area (Å²) in [6, 6.07) is 2.74. The fourth-order valence-electron chi connectivity index (χ4n) is 2.98. The normalized spacial score (nSPS) is 12.9. The molecule has 0 fully saturated rings. The molecule has 0 radical (unpaired) electrons. The van der Waals surface area contributed by atoms with Crippen molar-refractivity contribution < 1.29 is 54.0 Å². The van der Waals surface area contributed by atoms with Crippen LogP contribution >= 0.6 is 0 Å². The lowest BCUT2D eigenvalue weighted by atomic mass is 10.1. The number of aromatic hydroxyl groups is 2. The number of nitrogen functional groups attached to an aromatic ring is 1. The van der Waals surface area contributed by atoms with Crippen molar-refractivity contribution >= 4 is 63.9 Å². The van der Waals surface area contributed by atoms with Crippen LogP contribution < -0.4 is 5.73 Å². The fourth-order valence-corrected chi connectivity index (χ4v) is 4.71. The van der Waals surface area contributed by atoms with Crippen LogP contribution in [0.5, 0.6) is 11.5 Å². The maximum atomic E-state index is 11.9. The molecule has 0 aromatic heterocycles. The van der Waals surface area contributed by atoms with E-state index in [1.807, 2.05) is 0 Å². The number of fused-ring (bicyclic) bond motifs is 1. The summed E-state index contributed by atoms with van der Waals surface area (Å²) in [4.78, 5) is 6.81. The maximum absolute atomic E-state index is 11.9. The van der Waals surface area contributed by atoms with Gasteiger partial charge in [-0.2, -0.15) is 25.3 Å². The van der Waals surface area contributed by atoms with Crippen molar-refractivity contribution in [3.63, 3.8) is 0 Å². The van der Waals surface area contributed by atoms with Crippen molar-refractivity contribution in [3.8, 4) is 11.5 Å². The number of hydrogen-bond donors (Lipinski definition) is 6. The molecule has 0 atom stereocenters. The van der Waals surface area contributed by atoms with Gasteiger partial charge >= 0.3 is 5.69 Å². The van der Waals surface area contributed by atoms with Crippen molar-refractivity contribution in [2.24, 2.45) is 10.2 Å². The molecule has 20 heteroatoms. The predicted molar refractivity (Wildman–Crippen MR) is 118 cm³/mol. The molecule has 0 heterocycles. The molecule has 0 saturated heterocycles. The molecule has 0 spiro atoms. The van der Waals surface area contributed by atoms with Crippen LogP contribution in [0.3, 0.4) is 0 Å². The van der Waals surface area contributed by atoms with Crippen LogP contribution in [0, 0.1) is 10.1 Å². The molecular weight excluding hydrogens is 552 g/mol. The first-order valence-electron chi connectivity index (χ1n) is 8.77. The van der Waals surface area contributed by atoms with Crippen LogP contribution in [0.4, 0.5) is 22.7 Å². The summed E-state index contributed by atoms with van der Waals surface area (Å²) in [6.45, 7) is 0. The van der Waals surface area contributed by atoms with Gasteiger partial charge in [-0.05, 0) is 29.7 Å². The number of azo groups is 1. The number of phenols is 2. The topological polar surface area (TPSA) is 297 Å². The molecule has 3 rings (SSSR count). The van der Waals surface area contributed by atoms with Gasteiger partial charge in [0.25, 0.3) is 30.4 Å². The molecule has 0 saturated carbocycles. The quantitative estimate of drug-likeness (QED) is 0.0819. The number of benzene rings is 3. The van der Waals surface area contributed by atoms with Crippen LogP contribution in [0.1, 0.15) is 0 Å². The monoisotopic (exact) mass is 564 g/mol. The molecule has 0 aliphatic heterocycles. The number of phenolic OH excluding ortho intramolecular Hbond substituents is 2. The Labute approximate surface area is 200 Å². The molecule has 17 nitrogen and oxygen atoms in total. The van der Waals surface area contributed by atoms with E-state index in [4.69, 9.17) is 5.73 Å². The highest BCUT2D eigenvalue weighted by molar-refractivity contribution is 7.86. The van der Waals surface area contributed by atoms with E-state index in [0.717, 1.165) is 0 Å². The number of rotatable bonds is 6. The molecule has 36 heavy (non-hydrogen) atoms. The van der Waals surface area contributed by atoms with Gasteiger partial charge in [-0.1, -0.05) is 0 Å². The second kappa shape index (κ2) is 8.61. The van der Waals surface area contributed by atoms with E-state index in [9.17, 15) is 59.2 Å². The number of hydrogen-bond acceptors (Lipinski definition) is 13. The highest BCUT2D eigenvalue weighted by Crippen LogP contribution is 2.45. The van der Waals surface area contributed by atoms with E-state index < -0.39 is 95.0 Å². The lowest BCUT2D eigenvalue weighted by Gasteiger charge is -2.12. The van der Waals surface area contributed by atoms with Crippen LogP contribution in [0.15, 0.2) is 55.2 Å². The van der Waals surface area contributed by atoms with Crippen LogP contribution in [-0.4, -0.2) is 54.0 Å². The second-order valence-electron chi connectivity index (χ2n) is 6.87. The molecular formula is C16H12N4O13S3. The van der Waals surface area contributed by atoms with Gasteiger partial charge in [0, 0.05) is 17.1 Å². The average Bonchev–Trinajstić information content (AvgIpc) is 2.70. The van der Waals surface area contributed by atoms with E-state index in [-0.39, 0.29) is 0 Å². The molecule has 192 valence electrons. The number of anilines is 1. The van der Waals surface area contributed by atoms with Crippen molar-refractivity contribution in [2.45, 2.75) is 14.7 Å². The Morgan fingerprint density at radius 3 is 1.83 bits per heavy atom. The molecule has 0 unspecified atom stereocenters. The molecule has 0 amide bonds. The molecule has 3 aromatic carbocycles. The minimum atomic E-state index is -5.25. The van der Waals surface area contributed by atoms with Gasteiger partial charge in [-0.15, -0.1) is 10.2 Å². The lowest BCUT2D eigenvalue weighted by Crippen LogP contribution is -2.02. The van der Waals surface area contributed by atoms with Gasteiger partial charge in [0.05, 0.1) is 9.82 Å². The number of nitrogens with zero attached hydrogens (tertiary/aromatic N) is 3. The highest BCUT2D eigenvalue weighted by atomic mass is 32.2. The SMILES string of the molecule is Nc1cc(S(=O)(=O)O)cc2cc(S(=O)(=O)O)c(N=Nc3cc(S(=O)(=O)O)cc([N+](=O)[O-])c3O)c(O)c12. The predicted octanol–water partition coefficient (Wildman–Crippen LogP) is 1.90. The highest BCUT2D eigenvalue weighted by Gasteiger charge is 2.27. The van der Waals surface area contributed by atoms with E-state index >= 15 is 0 Å². The van der Waals surface area contributed by atoms with Crippen LogP contribution in [0.25, 0.3) is 10.8 Å². The Balaban J connectivity index is 2.39. The van der Waals surface area contributed by atoms with E-state index in [0.29, 0.717) is 30.3 Å². The van der Waals surface area contributed by atoms with Crippen LogP contribution in [-0.2, 0) is 30.4 Å². The van der Waals surface area contributed by atoms with Crippen molar-refractivity contribution in [2.75, 3.05) is 5.73 Å². The van der Waals surface area contributed by atoms with E-state index in [2.05, 4.69) is 10.2 Å². The van der Waals surface area contributed by atoms with Crippen molar-refractivity contribution in [1.82, 2.24) is 0 Å². The van der Waals surface area contributed by atoms with Gasteiger partial charge in [-0.25, -0.2) is 0 Å². The maximum Gasteiger partial charge on any atom is 0.314 e. The Hall–Kier alpha value is -3.95. The minimum Gasteiger partial charge on any atom is -0.505 e. The smallest absolute Gasteiger partial charge is 0.314 e. The second-order valence-corrected chi connectivity index (χ2v) is 11.1. The number of nitrogens with two attached hydrogens (primary N) is 1. The minimum absolute atomic E-state index is 0.300. The molecule has 0 aliphatic rings. The van der Waals surface area contributed by atoms with Gasteiger partial charge in [0.2, 0.25) is 5.75 Å². The molecule has 3 aromatic rings. The Morgan fingerprint density at radius 2 is 1.33 bits per heavy atom. The van der Waals surface area contributed by atoms with Crippen molar-refractivity contribution in [3.05, 3.63) is 40.4 Å². The average molecular weight is 564 g/mol. The number of nitro benzene ring substituents is 1. The van der Waals surface area contributed by atoms with Gasteiger partial charge in [-0.3, -0.25) is 23.8 Å². The Morgan fingerprint density at radius 1 is 0.778 bits per heavy atom. The zero-order valence-electron chi connectivity index (χ0n) is 17.0. The molecule has 0 bridgehead atoms. The summed E-state index contributed by atoms with van der Waals surface area (Å²) < 4.78 is 97.5. The Bertz CT molecular complexity index is 1820. The lowest BCUT2D eigenvalue weighted by molar-refractivity contribution is -0.386. The first-order valence-corrected chi connectivity index (χ1v) is 13.1. The molecule has 7 N–H and O–H groups in total. The zero-order valence-corrected chi connectivity index (χ0v) is 19.5. The van der Waals surface area contributed by atoms with Crippen molar-refractivity contribution in [1.29, 1.82) is 0 Å². The third-order valence-corrected chi connectivity index (χ3v) is 7.06. The third-order valence-electron chi connectivity index (χ3n) is 4.53. The summed E-state index contributed by atoms with van der Waals surface area (Å²) in [7, 11) is -15.1. The van der Waals surface area contributed by atoms with Gasteiger partial charge in [0.1, 0.15) is 21.2 Å². The van der Waals surface area contributed by atoms with E-state index in [1.54, 1.807) is 0 Å². The summed E-state index contributed by atoms with van der Waals surface area (Å²) in [6.07, 6.45) is 0. The summed E-state index contributed by atoms with van der Waals surface area (Å²) in [5.74, 6) is -2.37. The van der Waals surface area contributed by atoms with Gasteiger partial charge in [0.15, 0.2) is 5.75 Å². The standard InChI is InChI=1S/C16H12N4O13S3/c17-9-3-7(34(25,26)27)1-6-2-12(36(31,32)33)14(16(22)13(6)9)19-18-10-4-8(35(28,29)30)5-11(15(10)21)20(23)24/h1-5,21-22H,17H2,(H,25,26,27)(H,28,29,30)(H,31,32,33). The molecule has 0 aliphatic carbocycles. The number of nitro groups is 1. The first-order chi connectivity index (χ1) is 16.3. The summed E-state index contributed by atoms with van der Waals surface area (Å²) >= 11 is 0. The third kappa shape index (κ3) is 5.02. The fraction of sp³-hybridized carbons (Fsp3) is 0. The summed E-state index contributed by atoms with van der Waals surface area (Å²) in [5, 5.41) is 37.6. The first kappa shape index (κ1) is 26.7. The largest absolute Gasteiger partial charge is 0.505 e. The zero-order chi connectivity index (χ0) is 27.4. The Kier molecular flexibility index (Phi) is 6.38. The summed E-state index contributed by atoms with van der Waals surface area (Å²) in [5.41, 5.74) is 1.92. The van der Waals surface area contributed by atoms with Crippen LogP contribution in [0.2, 0.25) is 0 Å².